The first-order chi connectivity index (χ1) is 8.99. The van der Waals surface area contributed by atoms with Crippen molar-refractivity contribution in [2.24, 2.45) is 0 Å². The number of hydrogen-bond donors (Lipinski definition) is 1. The zero-order valence-electron chi connectivity index (χ0n) is 11.5. The Bertz CT molecular complexity index is 475. The summed E-state index contributed by atoms with van der Waals surface area (Å²) >= 11 is 5.94. The molecule has 0 bridgehead atoms. The average Bonchev–Trinajstić information content (AvgIpc) is 2.33. The molecular weight excluding hydrogens is 301 g/mol. The highest BCUT2D eigenvalue weighted by Gasteiger charge is 2.24. The average molecular weight is 320 g/mol. The molecule has 1 aromatic carbocycles. The lowest BCUT2D eigenvalue weighted by Gasteiger charge is -2.39. The first kappa shape index (κ1) is 17.2. The van der Waals surface area contributed by atoms with Crippen LogP contribution in [0.25, 0.3) is 0 Å². The molecule has 2 atom stereocenters. The number of nitro groups is 1. The van der Waals surface area contributed by atoms with E-state index in [0.717, 1.165) is 25.2 Å². The van der Waals surface area contributed by atoms with E-state index >= 15 is 0 Å². The SMILES string of the molecule is C[C@@H]1CNC[C@H](C)N1Cc1ccc([N+](=O)[O-])c(Cl)c1.Cl. The van der Waals surface area contributed by atoms with Crippen LogP contribution in [-0.4, -0.2) is 35.0 Å². The summed E-state index contributed by atoms with van der Waals surface area (Å²) in [7, 11) is 0. The largest absolute Gasteiger partial charge is 0.314 e. The predicted molar refractivity (Wildman–Crippen MR) is 82.7 cm³/mol. The second-order valence-corrected chi connectivity index (χ2v) is 5.48. The summed E-state index contributed by atoms with van der Waals surface area (Å²) in [5.41, 5.74) is 0.975. The molecule has 0 unspecified atom stereocenters. The number of benzene rings is 1. The summed E-state index contributed by atoms with van der Waals surface area (Å²) in [4.78, 5) is 12.7. The first-order valence-electron chi connectivity index (χ1n) is 6.38. The minimum atomic E-state index is -0.456. The molecular formula is C13H19Cl2N3O2. The summed E-state index contributed by atoms with van der Waals surface area (Å²) in [6.07, 6.45) is 0. The molecule has 1 aromatic rings. The van der Waals surface area contributed by atoms with E-state index in [-0.39, 0.29) is 23.1 Å². The molecule has 0 radical (unpaired) electrons. The lowest BCUT2D eigenvalue weighted by molar-refractivity contribution is -0.384. The summed E-state index contributed by atoms with van der Waals surface area (Å²) in [5.74, 6) is 0. The van der Waals surface area contributed by atoms with Gasteiger partial charge in [-0.3, -0.25) is 15.0 Å². The van der Waals surface area contributed by atoms with Crippen LogP contribution >= 0.6 is 24.0 Å². The Kier molecular flexibility index (Phi) is 6.20. The number of rotatable bonds is 3. The standard InChI is InChI=1S/C13H18ClN3O2.ClH/c1-9-6-15-7-10(2)16(9)8-11-3-4-13(17(18)19)12(14)5-11;/h3-5,9-10,15H,6-8H2,1-2H3;1H/t9-,10+;. The van der Waals surface area contributed by atoms with Crippen molar-refractivity contribution in [3.8, 4) is 0 Å². The van der Waals surface area contributed by atoms with Crippen LogP contribution in [0.2, 0.25) is 5.02 Å². The highest BCUT2D eigenvalue weighted by atomic mass is 35.5. The van der Waals surface area contributed by atoms with E-state index in [4.69, 9.17) is 11.6 Å². The van der Waals surface area contributed by atoms with Crippen LogP contribution in [0.3, 0.4) is 0 Å². The zero-order chi connectivity index (χ0) is 14.0. The third kappa shape index (κ3) is 3.82. The van der Waals surface area contributed by atoms with Gasteiger partial charge in [-0.2, -0.15) is 0 Å². The van der Waals surface area contributed by atoms with E-state index in [0.29, 0.717) is 12.1 Å². The first-order valence-corrected chi connectivity index (χ1v) is 6.76. The fraction of sp³-hybridized carbons (Fsp3) is 0.538. The third-order valence-corrected chi connectivity index (χ3v) is 3.89. The maximum absolute atomic E-state index is 10.7. The lowest BCUT2D eigenvalue weighted by Crippen LogP contribution is -2.54. The molecule has 0 saturated carbocycles. The van der Waals surface area contributed by atoms with Gasteiger partial charge in [-0.1, -0.05) is 17.7 Å². The van der Waals surface area contributed by atoms with Crippen molar-refractivity contribution in [3.63, 3.8) is 0 Å². The van der Waals surface area contributed by atoms with E-state index in [2.05, 4.69) is 24.1 Å². The van der Waals surface area contributed by atoms with Crippen molar-refractivity contribution in [2.75, 3.05) is 13.1 Å². The molecule has 7 heteroatoms. The topological polar surface area (TPSA) is 58.4 Å². The van der Waals surface area contributed by atoms with E-state index < -0.39 is 4.92 Å². The maximum atomic E-state index is 10.7. The molecule has 1 N–H and O–H groups in total. The molecule has 1 fully saturated rings. The van der Waals surface area contributed by atoms with E-state index in [9.17, 15) is 10.1 Å². The predicted octanol–water partition coefficient (Wildman–Crippen LogP) is 2.85. The van der Waals surface area contributed by atoms with Crippen molar-refractivity contribution in [2.45, 2.75) is 32.5 Å². The summed E-state index contributed by atoms with van der Waals surface area (Å²) in [6, 6.07) is 5.84. The summed E-state index contributed by atoms with van der Waals surface area (Å²) in [6.45, 7) is 7.04. The van der Waals surface area contributed by atoms with Crippen molar-refractivity contribution in [1.82, 2.24) is 10.2 Å². The second kappa shape index (κ2) is 7.22. The smallest absolute Gasteiger partial charge is 0.287 e. The lowest BCUT2D eigenvalue weighted by atomic mass is 10.1. The van der Waals surface area contributed by atoms with Gasteiger partial charge in [-0.15, -0.1) is 12.4 Å². The van der Waals surface area contributed by atoms with E-state index in [1.54, 1.807) is 12.1 Å². The Morgan fingerprint density at radius 1 is 1.40 bits per heavy atom. The van der Waals surface area contributed by atoms with E-state index in [1.165, 1.54) is 6.07 Å². The van der Waals surface area contributed by atoms with Gasteiger partial charge >= 0.3 is 0 Å². The Morgan fingerprint density at radius 3 is 2.50 bits per heavy atom. The molecule has 112 valence electrons. The normalized spacial score (nSPS) is 23.1. The Hall–Kier alpha value is -0.880. The number of halogens is 2. The Labute approximate surface area is 129 Å². The Balaban J connectivity index is 0.00000200. The van der Waals surface area contributed by atoms with Crippen LogP contribution in [-0.2, 0) is 6.54 Å². The van der Waals surface area contributed by atoms with E-state index in [1.807, 2.05) is 0 Å². The molecule has 1 aliphatic heterocycles. The number of hydrogen-bond acceptors (Lipinski definition) is 4. The quantitative estimate of drug-likeness (QED) is 0.687. The minimum absolute atomic E-state index is 0. The number of nitro benzene ring substituents is 1. The zero-order valence-corrected chi connectivity index (χ0v) is 13.1. The van der Waals surface area contributed by atoms with Gasteiger partial charge in [-0.05, 0) is 25.5 Å². The van der Waals surface area contributed by atoms with Crippen LogP contribution < -0.4 is 5.32 Å². The summed E-state index contributed by atoms with van der Waals surface area (Å²) < 4.78 is 0. The van der Waals surface area contributed by atoms with Gasteiger partial charge in [0.05, 0.1) is 4.92 Å². The maximum Gasteiger partial charge on any atom is 0.287 e. The molecule has 5 nitrogen and oxygen atoms in total. The molecule has 0 spiro atoms. The van der Waals surface area contributed by atoms with Gasteiger partial charge < -0.3 is 5.32 Å². The van der Waals surface area contributed by atoms with Gasteiger partial charge in [0, 0.05) is 37.8 Å². The fourth-order valence-electron chi connectivity index (χ4n) is 2.49. The number of piperazine rings is 1. The number of nitrogens with zero attached hydrogens (tertiary/aromatic N) is 2. The van der Waals surface area contributed by atoms with Gasteiger partial charge in [0.2, 0.25) is 0 Å². The minimum Gasteiger partial charge on any atom is -0.314 e. The van der Waals surface area contributed by atoms with Gasteiger partial charge in [-0.25, -0.2) is 0 Å². The fourth-order valence-corrected chi connectivity index (χ4v) is 2.76. The van der Waals surface area contributed by atoms with Crippen molar-refractivity contribution in [3.05, 3.63) is 38.9 Å². The van der Waals surface area contributed by atoms with Crippen LogP contribution in [0.15, 0.2) is 18.2 Å². The van der Waals surface area contributed by atoms with Crippen LogP contribution in [0, 0.1) is 10.1 Å². The molecule has 0 amide bonds. The molecule has 1 heterocycles. The molecule has 0 aliphatic carbocycles. The van der Waals surface area contributed by atoms with Gasteiger partial charge in [0.15, 0.2) is 0 Å². The van der Waals surface area contributed by atoms with Crippen molar-refractivity contribution >= 4 is 29.7 Å². The molecule has 20 heavy (non-hydrogen) atoms. The van der Waals surface area contributed by atoms with Gasteiger partial charge in [0.1, 0.15) is 5.02 Å². The van der Waals surface area contributed by atoms with Gasteiger partial charge in [0.25, 0.3) is 5.69 Å². The van der Waals surface area contributed by atoms with Crippen LogP contribution in [0.1, 0.15) is 19.4 Å². The van der Waals surface area contributed by atoms with Crippen molar-refractivity contribution < 1.29 is 4.92 Å². The Morgan fingerprint density at radius 2 is 2.00 bits per heavy atom. The van der Waals surface area contributed by atoms with Crippen molar-refractivity contribution in [1.29, 1.82) is 0 Å². The molecule has 0 aromatic heterocycles. The molecule has 1 aliphatic rings. The molecule has 1 saturated heterocycles. The van der Waals surface area contributed by atoms with Crippen LogP contribution in [0.4, 0.5) is 5.69 Å². The second-order valence-electron chi connectivity index (χ2n) is 5.07. The third-order valence-electron chi connectivity index (χ3n) is 3.59. The summed E-state index contributed by atoms with van der Waals surface area (Å²) in [5, 5.41) is 14.3. The highest BCUT2D eigenvalue weighted by molar-refractivity contribution is 6.32. The number of nitrogens with one attached hydrogen (secondary N) is 1. The van der Waals surface area contributed by atoms with Crippen LogP contribution in [0.5, 0.6) is 0 Å². The highest BCUT2D eigenvalue weighted by Crippen LogP contribution is 2.26. The molecule has 2 rings (SSSR count). The monoisotopic (exact) mass is 319 g/mol.